The van der Waals surface area contributed by atoms with Crippen LogP contribution in [0, 0.1) is 0 Å². The van der Waals surface area contributed by atoms with Gasteiger partial charge in [-0.1, -0.05) is 24.3 Å². The minimum Gasteiger partial charge on any atom is -0.367 e. The van der Waals surface area contributed by atoms with Gasteiger partial charge in [-0.15, -0.1) is 0 Å². The van der Waals surface area contributed by atoms with Crippen molar-refractivity contribution < 1.29 is 9.90 Å². The first kappa shape index (κ1) is 12.7. The highest BCUT2D eigenvalue weighted by Crippen LogP contribution is 2.23. The van der Waals surface area contributed by atoms with Gasteiger partial charge in [-0.3, -0.25) is 14.2 Å². The Hall–Kier alpha value is -2.99. The summed E-state index contributed by atoms with van der Waals surface area (Å²) in [6.07, 6.45) is -1.35. The molecule has 0 aliphatic carbocycles. The van der Waals surface area contributed by atoms with E-state index in [9.17, 15) is 14.7 Å². The quantitative estimate of drug-likeness (QED) is 0.650. The minimum absolute atomic E-state index is 0.0991. The summed E-state index contributed by atoms with van der Waals surface area (Å²) in [5, 5.41) is 13.1. The fourth-order valence-corrected chi connectivity index (χ4v) is 2.69. The van der Waals surface area contributed by atoms with Gasteiger partial charge in [-0.05, 0) is 24.3 Å². The molecule has 1 atom stereocenters. The van der Waals surface area contributed by atoms with E-state index in [0.717, 1.165) is 0 Å². The van der Waals surface area contributed by atoms with Gasteiger partial charge in [0.1, 0.15) is 0 Å². The largest absolute Gasteiger partial charge is 0.367 e. The van der Waals surface area contributed by atoms with Crippen LogP contribution in [0.1, 0.15) is 22.4 Å². The molecule has 6 heteroatoms. The maximum absolute atomic E-state index is 12.8. The third-order valence-electron chi connectivity index (χ3n) is 3.70. The van der Waals surface area contributed by atoms with Gasteiger partial charge in [0.25, 0.3) is 11.5 Å². The van der Waals surface area contributed by atoms with E-state index in [1.165, 1.54) is 4.57 Å². The highest BCUT2D eigenvalue weighted by atomic mass is 16.3. The van der Waals surface area contributed by atoms with Crippen LogP contribution in [0.15, 0.2) is 53.3 Å². The molecule has 3 aromatic rings. The summed E-state index contributed by atoms with van der Waals surface area (Å²) in [6.45, 7) is 0. The maximum atomic E-state index is 12.8. The van der Waals surface area contributed by atoms with Gasteiger partial charge in [0.2, 0.25) is 0 Å². The van der Waals surface area contributed by atoms with E-state index >= 15 is 0 Å². The van der Waals surface area contributed by atoms with Crippen molar-refractivity contribution in [2.45, 2.75) is 6.23 Å². The monoisotopic (exact) mass is 293 g/mol. The van der Waals surface area contributed by atoms with Crippen LogP contribution >= 0.6 is 0 Å². The second kappa shape index (κ2) is 4.51. The van der Waals surface area contributed by atoms with Gasteiger partial charge in [0, 0.05) is 0 Å². The van der Waals surface area contributed by atoms with E-state index in [2.05, 4.69) is 10.3 Å². The molecule has 1 aliphatic rings. The number of hydrogen-bond donors (Lipinski definition) is 2. The average molecular weight is 293 g/mol. The number of nitrogens with one attached hydrogen (secondary N) is 1. The van der Waals surface area contributed by atoms with Crippen molar-refractivity contribution in [2.24, 2.45) is 0 Å². The summed E-state index contributed by atoms with van der Waals surface area (Å²) in [5.74, 6) is -0.348. The summed E-state index contributed by atoms with van der Waals surface area (Å²) < 4.78 is 1.29. The minimum atomic E-state index is -1.35. The van der Waals surface area contributed by atoms with Gasteiger partial charge in [-0.25, -0.2) is 4.98 Å². The Morgan fingerprint density at radius 2 is 1.77 bits per heavy atom. The van der Waals surface area contributed by atoms with Crippen LogP contribution in [0.4, 0.5) is 0 Å². The van der Waals surface area contributed by atoms with Crippen LogP contribution in [0.2, 0.25) is 0 Å². The standard InChI is InChI=1S/C16H11N3O3/c20-14-10-6-2-4-8-12(10)19-13(15(21)18-14)17-11-7-3-1-5-9(11)16(19)22/h1-8,15,21H,(H,18,20)/t15-/m1/s1. The molecule has 1 aromatic heterocycles. The number of carbonyl (C=O) groups is 1. The van der Waals surface area contributed by atoms with E-state index < -0.39 is 12.1 Å². The molecular weight excluding hydrogens is 282 g/mol. The summed E-state index contributed by atoms with van der Waals surface area (Å²) in [7, 11) is 0. The predicted molar refractivity (Wildman–Crippen MR) is 79.8 cm³/mol. The first-order valence-electron chi connectivity index (χ1n) is 6.77. The second-order valence-electron chi connectivity index (χ2n) is 5.02. The smallest absolute Gasteiger partial charge is 0.266 e. The summed E-state index contributed by atoms with van der Waals surface area (Å²) in [6, 6.07) is 13.6. The van der Waals surface area contributed by atoms with E-state index in [0.29, 0.717) is 22.2 Å². The molecule has 0 fully saturated rings. The molecule has 22 heavy (non-hydrogen) atoms. The van der Waals surface area contributed by atoms with Gasteiger partial charge in [0.05, 0.1) is 22.2 Å². The lowest BCUT2D eigenvalue weighted by atomic mass is 10.1. The van der Waals surface area contributed by atoms with Gasteiger partial charge >= 0.3 is 0 Å². The van der Waals surface area contributed by atoms with Gasteiger partial charge < -0.3 is 10.4 Å². The Morgan fingerprint density at radius 1 is 1.05 bits per heavy atom. The number of aromatic nitrogens is 2. The number of benzene rings is 2. The molecule has 0 unspecified atom stereocenters. The number of hydrogen-bond acceptors (Lipinski definition) is 4. The number of aliphatic hydroxyl groups is 1. The van der Waals surface area contributed by atoms with Crippen molar-refractivity contribution in [1.82, 2.24) is 14.9 Å². The molecule has 108 valence electrons. The zero-order chi connectivity index (χ0) is 15.3. The molecule has 2 aromatic carbocycles. The SMILES string of the molecule is O=C1N[C@H](O)c2nc3ccccc3c(=O)n2-c2ccccc21. The normalized spacial score (nSPS) is 16.6. The average Bonchev–Trinajstić information content (AvgIpc) is 2.64. The Kier molecular flexibility index (Phi) is 2.61. The van der Waals surface area contributed by atoms with E-state index in [1.807, 2.05) is 0 Å². The van der Waals surface area contributed by atoms with Crippen LogP contribution in [0.3, 0.4) is 0 Å². The first-order valence-corrected chi connectivity index (χ1v) is 6.77. The van der Waals surface area contributed by atoms with Crippen LogP contribution in [0.25, 0.3) is 16.6 Å². The zero-order valence-corrected chi connectivity index (χ0v) is 11.4. The Bertz CT molecular complexity index is 978. The van der Waals surface area contributed by atoms with Gasteiger partial charge in [-0.2, -0.15) is 0 Å². The molecule has 1 aliphatic heterocycles. The summed E-state index contributed by atoms with van der Waals surface area (Å²) >= 11 is 0. The third-order valence-corrected chi connectivity index (χ3v) is 3.70. The van der Waals surface area contributed by atoms with Crippen LogP contribution in [-0.2, 0) is 0 Å². The number of nitrogens with zero attached hydrogens (tertiary/aromatic N) is 2. The third kappa shape index (κ3) is 1.68. The van der Waals surface area contributed by atoms with E-state index in [1.54, 1.807) is 48.5 Å². The maximum Gasteiger partial charge on any atom is 0.266 e. The molecule has 0 bridgehead atoms. The van der Waals surface area contributed by atoms with Gasteiger partial charge in [0.15, 0.2) is 12.1 Å². The Balaban J connectivity index is 2.20. The molecule has 1 amide bonds. The van der Waals surface area contributed by atoms with Crippen molar-refractivity contribution in [2.75, 3.05) is 0 Å². The molecule has 0 radical (unpaired) electrons. The number of fused-ring (bicyclic) bond motifs is 4. The predicted octanol–water partition coefficient (Wildman–Crippen LogP) is 1.12. The first-order chi connectivity index (χ1) is 10.7. The van der Waals surface area contributed by atoms with Crippen molar-refractivity contribution in [3.8, 4) is 5.69 Å². The number of rotatable bonds is 0. The van der Waals surface area contributed by atoms with E-state index in [-0.39, 0.29) is 11.4 Å². The Labute approximate surface area is 124 Å². The molecule has 0 saturated carbocycles. The fraction of sp³-hybridized carbons (Fsp3) is 0.0625. The lowest BCUT2D eigenvalue weighted by Gasteiger charge is -2.14. The topological polar surface area (TPSA) is 84.2 Å². The van der Waals surface area contributed by atoms with Crippen molar-refractivity contribution in [3.05, 3.63) is 70.3 Å². The highest BCUT2D eigenvalue weighted by Gasteiger charge is 2.27. The molecule has 6 nitrogen and oxygen atoms in total. The number of amides is 1. The fourth-order valence-electron chi connectivity index (χ4n) is 2.69. The molecule has 2 N–H and O–H groups in total. The molecule has 0 saturated heterocycles. The van der Waals surface area contributed by atoms with Crippen molar-refractivity contribution in [1.29, 1.82) is 0 Å². The zero-order valence-electron chi connectivity index (χ0n) is 11.4. The lowest BCUT2D eigenvalue weighted by Crippen LogP contribution is -2.30. The lowest BCUT2D eigenvalue weighted by molar-refractivity contribution is 0.0771. The Morgan fingerprint density at radius 3 is 2.64 bits per heavy atom. The van der Waals surface area contributed by atoms with Crippen LogP contribution < -0.4 is 10.9 Å². The molecule has 0 spiro atoms. The van der Waals surface area contributed by atoms with Crippen molar-refractivity contribution >= 4 is 16.8 Å². The van der Waals surface area contributed by atoms with Crippen LogP contribution in [-0.4, -0.2) is 20.6 Å². The molecular formula is C16H11N3O3. The number of carbonyl (C=O) groups excluding carboxylic acids is 1. The molecule has 2 heterocycles. The number of aliphatic hydroxyl groups excluding tert-OH is 1. The second-order valence-corrected chi connectivity index (χ2v) is 5.02. The van der Waals surface area contributed by atoms with Crippen molar-refractivity contribution in [3.63, 3.8) is 0 Å². The number of para-hydroxylation sites is 2. The summed E-state index contributed by atoms with van der Waals surface area (Å²) in [4.78, 5) is 29.3. The van der Waals surface area contributed by atoms with Crippen LogP contribution in [0.5, 0.6) is 0 Å². The highest BCUT2D eigenvalue weighted by molar-refractivity contribution is 5.98. The summed E-state index contributed by atoms with van der Waals surface area (Å²) in [5.41, 5.74) is 0.893. The molecule has 4 rings (SSSR count). The van der Waals surface area contributed by atoms with E-state index in [4.69, 9.17) is 0 Å².